The Morgan fingerprint density at radius 1 is 1.13 bits per heavy atom. The van der Waals surface area contributed by atoms with Gasteiger partial charge in [0.25, 0.3) is 0 Å². The molecule has 11 heteroatoms. The molecule has 0 aliphatic carbocycles. The van der Waals surface area contributed by atoms with Gasteiger partial charge < -0.3 is 10.4 Å². The lowest BCUT2D eigenvalue weighted by Gasteiger charge is -2.00. The van der Waals surface area contributed by atoms with E-state index in [4.69, 9.17) is 21.5 Å². The third-order valence-electron chi connectivity index (χ3n) is 3.62. The van der Waals surface area contributed by atoms with Crippen LogP contribution in [0.1, 0.15) is 11.3 Å². The van der Waals surface area contributed by atoms with E-state index >= 15 is 0 Å². The number of rotatable bonds is 4. The fraction of sp³-hybridized carbons (Fsp3) is 0.100. The van der Waals surface area contributed by atoms with Crippen molar-refractivity contribution in [1.82, 2.24) is 14.8 Å². The molecule has 0 radical (unpaired) electrons. The van der Waals surface area contributed by atoms with E-state index in [9.17, 15) is 18.0 Å². The summed E-state index contributed by atoms with van der Waals surface area (Å²) in [5.41, 5.74) is 3.18. The summed E-state index contributed by atoms with van der Waals surface area (Å²) in [5, 5.41) is 15.0. The molecule has 3 aromatic rings. The third kappa shape index (κ3) is 7.59. The number of aryl methyl sites for hydroxylation is 1. The maximum absolute atomic E-state index is 12.1. The zero-order valence-corrected chi connectivity index (χ0v) is 16.7. The largest absolute Gasteiger partial charge is 0.490 e. The monoisotopic (exact) mass is 452 g/mol. The van der Waals surface area contributed by atoms with Crippen molar-refractivity contribution in [3.05, 3.63) is 77.3 Å². The molecule has 1 aromatic carbocycles. The summed E-state index contributed by atoms with van der Waals surface area (Å²) in [5.74, 6) is -2.98. The van der Waals surface area contributed by atoms with Gasteiger partial charge in [-0.25, -0.2) is 9.48 Å². The molecule has 0 bridgehead atoms. The molecular formula is C20H16ClF3N4O3. The molecule has 31 heavy (non-hydrogen) atoms. The number of carboxylic acid groups (broad SMARTS) is 1. The number of benzene rings is 1. The lowest BCUT2D eigenvalue weighted by atomic mass is 10.2. The first kappa shape index (κ1) is 23.6. The van der Waals surface area contributed by atoms with Gasteiger partial charge in [0.05, 0.1) is 23.3 Å². The molecule has 1 amide bonds. The first-order valence-corrected chi connectivity index (χ1v) is 8.95. The van der Waals surface area contributed by atoms with E-state index in [-0.39, 0.29) is 5.91 Å². The Kier molecular flexibility index (Phi) is 7.92. The van der Waals surface area contributed by atoms with E-state index in [1.54, 1.807) is 41.5 Å². The molecule has 0 aliphatic heterocycles. The van der Waals surface area contributed by atoms with Crippen LogP contribution in [0, 0.1) is 6.92 Å². The molecule has 0 aliphatic rings. The number of carboxylic acids is 1. The number of aromatic nitrogens is 3. The Bertz CT molecular complexity index is 1070. The lowest BCUT2D eigenvalue weighted by molar-refractivity contribution is -0.192. The van der Waals surface area contributed by atoms with Crippen LogP contribution in [0.2, 0.25) is 5.02 Å². The van der Waals surface area contributed by atoms with Gasteiger partial charge in [0.15, 0.2) is 0 Å². The number of carbonyl (C=O) groups is 2. The van der Waals surface area contributed by atoms with Gasteiger partial charge in [-0.05, 0) is 42.8 Å². The summed E-state index contributed by atoms with van der Waals surface area (Å²) < 4.78 is 33.4. The molecule has 2 heterocycles. The maximum Gasteiger partial charge on any atom is 0.490 e. The number of alkyl halides is 3. The number of hydrogen-bond donors (Lipinski definition) is 2. The normalized spacial score (nSPS) is 11.0. The highest BCUT2D eigenvalue weighted by atomic mass is 35.5. The van der Waals surface area contributed by atoms with Crippen molar-refractivity contribution in [2.75, 3.05) is 5.32 Å². The number of hydrogen-bond acceptors (Lipinski definition) is 4. The van der Waals surface area contributed by atoms with Crippen molar-refractivity contribution in [2.24, 2.45) is 0 Å². The second kappa shape index (κ2) is 10.4. The second-order valence-electron chi connectivity index (χ2n) is 5.96. The van der Waals surface area contributed by atoms with Gasteiger partial charge in [0.1, 0.15) is 0 Å². The predicted molar refractivity (Wildman–Crippen MR) is 109 cm³/mol. The number of pyridine rings is 1. The van der Waals surface area contributed by atoms with Crippen molar-refractivity contribution >= 4 is 35.2 Å². The minimum atomic E-state index is -5.08. The predicted octanol–water partition coefficient (Wildman–Crippen LogP) is 4.51. The Labute approximate surface area is 179 Å². The molecule has 0 unspecified atom stereocenters. The van der Waals surface area contributed by atoms with Gasteiger partial charge in [-0.2, -0.15) is 18.3 Å². The van der Waals surface area contributed by atoms with Crippen molar-refractivity contribution < 1.29 is 27.9 Å². The summed E-state index contributed by atoms with van der Waals surface area (Å²) >= 11 is 5.84. The number of nitrogens with one attached hydrogen (secondary N) is 1. The summed E-state index contributed by atoms with van der Waals surface area (Å²) in [6.45, 7) is 1.84. The zero-order chi connectivity index (χ0) is 23.0. The van der Waals surface area contributed by atoms with Crippen LogP contribution in [0.25, 0.3) is 11.8 Å². The molecular weight excluding hydrogens is 437 g/mol. The van der Waals surface area contributed by atoms with Crippen LogP contribution >= 0.6 is 11.6 Å². The van der Waals surface area contributed by atoms with Gasteiger partial charge >= 0.3 is 12.1 Å². The Hall–Kier alpha value is -3.66. The van der Waals surface area contributed by atoms with E-state index < -0.39 is 12.1 Å². The number of nitrogens with zero attached hydrogens (tertiary/aromatic N) is 3. The summed E-state index contributed by atoms with van der Waals surface area (Å²) in [6.07, 6.45) is 3.29. The first-order chi connectivity index (χ1) is 14.6. The van der Waals surface area contributed by atoms with E-state index in [1.807, 2.05) is 31.2 Å². The van der Waals surface area contributed by atoms with Gasteiger partial charge in [-0.3, -0.25) is 9.78 Å². The van der Waals surface area contributed by atoms with E-state index in [0.29, 0.717) is 10.7 Å². The number of amides is 1. The van der Waals surface area contributed by atoms with E-state index in [1.165, 1.54) is 6.08 Å². The Morgan fingerprint density at radius 2 is 1.71 bits per heavy atom. The first-order valence-electron chi connectivity index (χ1n) is 8.57. The van der Waals surface area contributed by atoms with Gasteiger partial charge in [-0.1, -0.05) is 23.7 Å². The highest BCUT2D eigenvalue weighted by molar-refractivity contribution is 6.30. The lowest BCUT2D eigenvalue weighted by Crippen LogP contribution is -2.21. The Morgan fingerprint density at radius 3 is 2.26 bits per heavy atom. The van der Waals surface area contributed by atoms with Gasteiger partial charge in [0.2, 0.25) is 5.91 Å². The molecule has 162 valence electrons. The smallest absolute Gasteiger partial charge is 0.475 e. The third-order valence-corrected chi connectivity index (χ3v) is 3.88. The Balaban J connectivity index is 0.000000423. The van der Waals surface area contributed by atoms with E-state index in [2.05, 4.69) is 15.4 Å². The molecule has 0 spiro atoms. The van der Waals surface area contributed by atoms with Crippen molar-refractivity contribution in [3.8, 4) is 5.69 Å². The van der Waals surface area contributed by atoms with Crippen LogP contribution in [0.15, 0.2) is 61.1 Å². The van der Waals surface area contributed by atoms with Crippen LogP contribution in [0.3, 0.4) is 0 Å². The molecule has 0 fully saturated rings. The molecule has 0 saturated carbocycles. The summed E-state index contributed by atoms with van der Waals surface area (Å²) in [7, 11) is 0. The van der Waals surface area contributed by atoms with Crippen LogP contribution in [-0.2, 0) is 9.59 Å². The molecule has 0 saturated heterocycles. The number of anilines is 1. The quantitative estimate of drug-likeness (QED) is 0.567. The average molecular weight is 453 g/mol. The SMILES string of the molecule is Cc1nn(-c2ccncc2)cc1NC(=O)C=Cc1ccc(Cl)cc1.O=C(O)C(F)(F)F. The number of aliphatic carboxylic acids is 1. The second-order valence-corrected chi connectivity index (χ2v) is 6.39. The highest BCUT2D eigenvalue weighted by Gasteiger charge is 2.38. The molecule has 2 N–H and O–H groups in total. The maximum atomic E-state index is 12.1. The van der Waals surface area contributed by atoms with Crippen molar-refractivity contribution in [1.29, 1.82) is 0 Å². The molecule has 0 atom stereocenters. The van der Waals surface area contributed by atoms with E-state index in [0.717, 1.165) is 16.9 Å². The number of halogens is 4. The standard InChI is InChI=1S/C18H15ClN4O.C2HF3O2/c1-13-17(12-23(22-13)16-8-10-20-11-9-16)21-18(24)7-4-14-2-5-15(19)6-3-14;3-2(4,5)1(6)7/h2-12H,1H3,(H,21,24);(H,6,7). The average Bonchev–Trinajstić information content (AvgIpc) is 3.08. The van der Waals surface area contributed by atoms with Gasteiger partial charge in [-0.15, -0.1) is 0 Å². The highest BCUT2D eigenvalue weighted by Crippen LogP contribution is 2.16. The van der Waals surface area contributed by atoms with Gasteiger partial charge in [0, 0.05) is 23.5 Å². The van der Waals surface area contributed by atoms with Crippen molar-refractivity contribution in [2.45, 2.75) is 13.1 Å². The minimum Gasteiger partial charge on any atom is -0.475 e. The summed E-state index contributed by atoms with van der Waals surface area (Å²) in [4.78, 5) is 25.0. The molecule has 2 aromatic heterocycles. The van der Waals surface area contributed by atoms with Crippen molar-refractivity contribution in [3.63, 3.8) is 0 Å². The van der Waals surface area contributed by atoms with Crippen LogP contribution in [0.5, 0.6) is 0 Å². The fourth-order valence-electron chi connectivity index (χ4n) is 2.13. The number of carbonyl (C=O) groups excluding carboxylic acids is 1. The van der Waals surface area contributed by atoms with Crippen LogP contribution < -0.4 is 5.32 Å². The van der Waals surface area contributed by atoms with Crippen LogP contribution in [0.4, 0.5) is 18.9 Å². The zero-order valence-electron chi connectivity index (χ0n) is 16.0. The molecule has 3 rings (SSSR count). The molecule has 7 nitrogen and oxygen atoms in total. The topological polar surface area (TPSA) is 97.1 Å². The fourth-order valence-corrected chi connectivity index (χ4v) is 2.26. The minimum absolute atomic E-state index is 0.220. The summed E-state index contributed by atoms with van der Waals surface area (Å²) in [6, 6.07) is 10.9. The van der Waals surface area contributed by atoms with Crippen LogP contribution in [-0.4, -0.2) is 37.9 Å².